The maximum Gasteiger partial charge on any atom is 0.244 e. The molecule has 9 heteroatoms. The third kappa shape index (κ3) is 3.99. The quantitative estimate of drug-likeness (QED) is 0.755. The number of pyridine rings is 1. The molecule has 8 nitrogen and oxygen atoms in total. The van der Waals surface area contributed by atoms with Gasteiger partial charge in [-0.25, -0.2) is 18.1 Å². The summed E-state index contributed by atoms with van der Waals surface area (Å²) >= 11 is 0. The molecule has 0 saturated heterocycles. The summed E-state index contributed by atoms with van der Waals surface area (Å²) in [5, 5.41) is 7.10. The standard InChI is InChI=1S/C12H18N6O2S/c1-3-14-10-4-6-13-8-11(10)21(19,20)16-7-5-12-15-9-18(2)17-12/h4,6,8-9,16H,3,5,7H2,1-2H3,(H,13,14). The molecule has 0 aliphatic heterocycles. The van der Waals surface area contributed by atoms with E-state index in [4.69, 9.17) is 0 Å². The van der Waals surface area contributed by atoms with Crippen LogP contribution in [0.3, 0.4) is 0 Å². The molecule has 0 bridgehead atoms. The molecule has 2 rings (SSSR count). The molecule has 2 aromatic heterocycles. The van der Waals surface area contributed by atoms with Gasteiger partial charge in [0.2, 0.25) is 10.0 Å². The lowest BCUT2D eigenvalue weighted by atomic mass is 10.4. The summed E-state index contributed by atoms with van der Waals surface area (Å²) in [4.78, 5) is 8.06. The first-order valence-corrected chi connectivity index (χ1v) is 8.03. The third-order valence-electron chi connectivity index (χ3n) is 2.73. The lowest BCUT2D eigenvalue weighted by Gasteiger charge is -2.11. The Bertz CT molecular complexity index is 697. The minimum atomic E-state index is -3.61. The fourth-order valence-corrected chi connectivity index (χ4v) is 2.96. The van der Waals surface area contributed by atoms with Crippen LogP contribution >= 0.6 is 0 Å². The smallest absolute Gasteiger partial charge is 0.244 e. The van der Waals surface area contributed by atoms with Crippen molar-refractivity contribution in [3.63, 3.8) is 0 Å². The van der Waals surface area contributed by atoms with Gasteiger partial charge in [-0.05, 0) is 13.0 Å². The van der Waals surface area contributed by atoms with E-state index in [1.807, 2.05) is 6.92 Å². The first-order valence-electron chi connectivity index (χ1n) is 6.55. The van der Waals surface area contributed by atoms with Crippen LogP contribution in [0.15, 0.2) is 29.7 Å². The minimum absolute atomic E-state index is 0.140. The van der Waals surface area contributed by atoms with Crippen molar-refractivity contribution in [2.45, 2.75) is 18.2 Å². The van der Waals surface area contributed by atoms with Crippen molar-refractivity contribution in [3.8, 4) is 0 Å². The summed E-state index contributed by atoms with van der Waals surface area (Å²) in [6.45, 7) is 2.76. The maximum absolute atomic E-state index is 12.3. The van der Waals surface area contributed by atoms with Crippen LogP contribution in [0.4, 0.5) is 5.69 Å². The lowest BCUT2D eigenvalue weighted by Crippen LogP contribution is -2.27. The molecule has 0 fully saturated rings. The molecule has 2 heterocycles. The van der Waals surface area contributed by atoms with Crippen LogP contribution in [-0.2, 0) is 23.5 Å². The van der Waals surface area contributed by atoms with Crippen molar-refractivity contribution in [1.82, 2.24) is 24.5 Å². The largest absolute Gasteiger partial charge is 0.384 e. The van der Waals surface area contributed by atoms with E-state index in [-0.39, 0.29) is 11.4 Å². The van der Waals surface area contributed by atoms with Gasteiger partial charge in [0.1, 0.15) is 11.2 Å². The van der Waals surface area contributed by atoms with Gasteiger partial charge < -0.3 is 5.32 Å². The van der Waals surface area contributed by atoms with Crippen molar-refractivity contribution in [2.24, 2.45) is 7.05 Å². The Labute approximate surface area is 123 Å². The van der Waals surface area contributed by atoms with E-state index >= 15 is 0 Å². The van der Waals surface area contributed by atoms with E-state index in [1.165, 1.54) is 6.20 Å². The SMILES string of the molecule is CCNc1ccncc1S(=O)(=O)NCCc1ncn(C)n1. The fraction of sp³-hybridized carbons (Fsp3) is 0.417. The van der Waals surface area contributed by atoms with Crippen molar-refractivity contribution < 1.29 is 8.42 Å². The molecular weight excluding hydrogens is 292 g/mol. The first-order chi connectivity index (χ1) is 10.0. The van der Waals surface area contributed by atoms with Crippen LogP contribution in [0.5, 0.6) is 0 Å². The van der Waals surface area contributed by atoms with Crippen LogP contribution in [-0.4, -0.2) is 41.3 Å². The van der Waals surface area contributed by atoms with E-state index < -0.39 is 10.0 Å². The van der Waals surface area contributed by atoms with Crippen molar-refractivity contribution in [3.05, 3.63) is 30.6 Å². The third-order valence-corrected chi connectivity index (χ3v) is 4.22. The van der Waals surface area contributed by atoms with Crippen LogP contribution in [0, 0.1) is 0 Å². The second-order valence-electron chi connectivity index (χ2n) is 4.38. The van der Waals surface area contributed by atoms with Gasteiger partial charge in [0.15, 0.2) is 5.82 Å². The number of sulfonamides is 1. The molecule has 0 aliphatic carbocycles. The first kappa shape index (κ1) is 15.4. The van der Waals surface area contributed by atoms with Crippen LogP contribution in [0.25, 0.3) is 0 Å². The van der Waals surface area contributed by atoms with Gasteiger partial charge in [0.05, 0.1) is 5.69 Å². The number of rotatable bonds is 7. The average molecular weight is 310 g/mol. The normalized spacial score (nSPS) is 11.5. The number of hydrogen-bond acceptors (Lipinski definition) is 6. The Morgan fingerprint density at radius 1 is 1.38 bits per heavy atom. The summed E-state index contributed by atoms with van der Waals surface area (Å²) in [6, 6.07) is 1.64. The van der Waals surface area contributed by atoms with Gasteiger partial charge in [0.25, 0.3) is 0 Å². The molecule has 0 saturated carbocycles. The number of anilines is 1. The zero-order chi connectivity index (χ0) is 15.3. The van der Waals surface area contributed by atoms with E-state index in [9.17, 15) is 8.42 Å². The number of hydrogen-bond donors (Lipinski definition) is 2. The van der Waals surface area contributed by atoms with Crippen molar-refractivity contribution in [2.75, 3.05) is 18.4 Å². The van der Waals surface area contributed by atoms with Gasteiger partial charge in [-0.2, -0.15) is 5.10 Å². The summed E-state index contributed by atoms with van der Waals surface area (Å²) in [6.07, 6.45) is 4.89. The van der Waals surface area contributed by atoms with Crippen molar-refractivity contribution in [1.29, 1.82) is 0 Å². The molecule has 0 amide bonds. The van der Waals surface area contributed by atoms with E-state index in [2.05, 4.69) is 25.1 Å². The molecule has 0 spiro atoms. The fourth-order valence-electron chi connectivity index (χ4n) is 1.80. The summed E-state index contributed by atoms with van der Waals surface area (Å²) in [7, 11) is -1.85. The highest BCUT2D eigenvalue weighted by Gasteiger charge is 2.18. The van der Waals surface area contributed by atoms with E-state index in [1.54, 1.807) is 30.3 Å². The summed E-state index contributed by atoms with van der Waals surface area (Å²) in [5.74, 6) is 0.596. The van der Waals surface area contributed by atoms with Gasteiger partial charge in [-0.1, -0.05) is 0 Å². The molecule has 2 N–H and O–H groups in total. The molecule has 0 aliphatic rings. The molecule has 0 radical (unpaired) electrons. The van der Waals surface area contributed by atoms with Crippen molar-refractivity contribution >= 4 is 15.7 Å². The molecule has 0 unspecified atom stereocenters. The monoisotopic (exact) mass is 310 g/mol. The maximum atomic E-state index is 12.3. The highest BCUT2D eigenvalue weighted by molar-refractivity contribution is 7.89. The second kappa shape index (κ2) is 6.64. The summed E-state index contributed by atoms with van der Waals surface area (Å²) in [5.41, 5.74) is 0.538. The zero-order valence-electron chi connectivity index (χ0n) is 11.9. The minimum Gasteiger partial charge on any atom is -0.384 e. The molecule has 0 atom stereocenters. The van der Waals surface area contributed by atoms with Crippen LogP contribution < -0.4 is 10.0 Å². The molecule has 0 aromatic carbocycles. The highest BCUT2D eigenvalue weighted by atomic mass is 32.2. The predicted octanol–water partition coefficient (Wildman–Crippen LogP) is 0.163. The average Bonchev–Trinajstić information content (AvgIpc) is 2.85. The van der Waals surface area contributed by atoms with Gasteiger partial charge >= 0.3 is 0 Å². The molecule has 21 heavy (non-hydrogen) atoms. The van der Waals surface area contributed by atoms with Gasteiger partial charge in [-0.15, -0.1) is 0 Å². The zero-order valence-corrected chi connectivity index (χ0v) is 12.8. The molecule has 2 aromatic rings. The molecule has 114 valence electrons. The Hall–Kier alpha value is -2.00. The van der Waals surface area contributed by atoms with E-state index in [0.29, 0.717) is 24.5 Å². The number of aromatic nitrogens is 4. The van der Waals surface area contributed by atoms with Gasteiger partial charge in [-0.3, -0.25) is 9.67 Å². The Balaban J connectivity index is 2.04. The lowest BCUT2D eigenvalue weighted by molar-refractivity contribution is 0.580. The number of nitrogens with zero attached hydrogens (tertiary/aromatic N) is 4. The topological polar surface area (TPSA) is 102 Å². The highest BCUT2D eigenvalue weighted by Crippen LogP contribution is 2.18. The Kier molecular flexibility index (Phi) is 4.86. The van der Waals surface area contributed by atoms with E-state index in [0.717, 1.165) is 0 Å². The van der Waals surface area contributed by atoms with Crippen LogP contribution in [0.1, 0.15) is 12.7 Å². The van der Waals surface area contributed by atoms with Crippen LogP contribution in [0.2, 0.25) is 0 Å². The predicted molar refractivity (Wildman–Crippen MR) is 78.3 cm³/mol. The Morgan fingerprint density at radius 3 is 2.86 bits per heavy atom. The second-order valence-corrected chi connectivity index (χ2v) is 6.12. The molecular formula is C12H18N6O2S. The summed E-state index contributed by atoms with van der Waals surface area (Å²) < 4.78 is 28.7. The number of aryl methyl sites for hydroxylation is 1. The number of nitrogens with one attached hydrogen (secondary N) is 2. The van der Waals surface area contributed by atoms with Gasteiger partial charge in [0, 0.05) is 39.0 Å². The Morgan fingerprint density at radius 2 is 2.19 bits per heavy atom.